The van der Waals surface area contributed by atoms with Crippen molar-refractivity contribution in [3.05, 3.63) is 88.9 Å². The number of aromatic hydroxyl groups is 1. The highest BCUT2D eigenvalue weighted by atomic mass is 35.5. The molecule has 0 radical (unpaired) electrons. The van der Waals surface area contributed by atoms with E-state index in [1.165, 1.54) is 5.56 Å². The van der Waals surface area contributed by atoms with Crippen molar-refractivity contribution in [2.45, 2.75) is 19.9 Å². The van der Waals surface area contributed by atoms with Gasteiger partial charge in [0.05, 0.1) is 12.1 Å². The summed E-state index contributed by atoms with van der Waals surface area (Å²) in [6, 6.07) is 23.2. The quantitative estimate of drug-likeness (QED) is 0.253. The highest BCUT2D eigenvalue weighted by Gasteiger charge is 2.17. The molecule has 0 saturated carbocycles. The molecule has 0 aliphatic rings. The number of hydrogen-bond donors (Lipinski definition) is 2. The summed E-state index contributed by atoms with van der Waals surface area (Å²) >= 11 is 11.4. The van der Waals surface area contributed by atoms with Gasteiger partial charge in [-0.1, -0.05) is 61.0 Å². The van der Waals surface area contributed by atoms with Crippen LogP contribution in [-0.2, 0) is 13.0 Å². The second kappa shape index (κ2) is 9.29. The van der Waals surface area contributed by atoms with Crippen LogP contribution >= 0.6 is 23.8 Å². The number of hydrogen-bond acceptors (Lipinski definition) is 3. The molecular formula is C24H21ClN4OS. The molecule has 0 aliphatic carbocycles. The van der Waals surface area contributed by atoms with Crippen LogP contribution in [0.5, 0.6) is 5.88 Å². The van der Waals surface area contributed by atoms with Crippen molar-refractivity contribution in [2.75, 3.05) is 5.32 Å². The molecule has 0 bridgehead atoms. The summed E-state index contributed by atoms with van der Waals surface area (Å²) < 4.78 is 1.79. The molecule has 31 heavy (non-hydrogen) atoms. The van der Waals surface area contributed by atoms with Crippen LogP contribution in [0.4, 0.5) is 11.4 Å². The van der Waals surface area contributed by atoms with Gasteiger partial charge in [-0.15, -0.1) is 10.2 Å². The molecule has 1 heterocycles. The lowest BCUT2D eigenvalue weighted by atomic mass is 10.1. The van der Waals surface area contributed by atoms with Crippen molar-refractivity contribution >= 4 is 51.2 Å². The van der Waals surface area contributed by atoms with E-state index < -0.39 is 0 Å². The van der Waals surface area contributed by atoms with Crippen LogP contribution in [0.1, 0.15) is 18.1 Å². The lowest BCUT2D eigenvalue weighted by molar-refractivity contribution is 0.429. The number of thiocarbonyl (C=S) groups is 1. The molecule has 0 spiro atoms. The van der Waals surface area contributed by atoms with E-state index in [9.17, 15) is 5.11 Å². The Balaban J connectivity index is 1.61. The van der Waals surface area contributed by atoms with Gasteiger partial charge in [0, 0.05) is 16.1 Å². The molecule has 2 N–H and O–H groups in total. The lowest BCUT2D eigenvalue weighted by Gasteiger charge is -2.07. The van der Waals surface area contributed by atoms with Gasteiger partial charge in [-0.25, -0.2) is 0 Å². The minimum absolute atomic E-state index is 0.0278. The molecule has 0 amide bonds. The molecule has 4 rings (SSSR count). The molecule has 4 aromatic rings. The second-order valence-corrected chi connectivity index (χ2v) is 7.91. The van der Waals surface area contributed by atoms with Crippen LogP contribution in [0.25, 0.3) is 10.9 Å². The fourth-order valence-corrected chi connectivity index (χ4v) is 3.79. The van der Waals surface area contributed by atoms with E-state index in [1.54, 1.807) is 4.57 Å². The third-order valence-corrected chi connectivity index (χ3v) is 5.42. The zero-order valence-corrected chi connectivity index (χ0v) is 18.5. The Labute approximate surface area is 191 Å². The summed E-state index contributed by atoms with van der Waals surface area (Å²) in [6.45, 7) is 2.56. The van der Waals surface area contributed by atoms with E-state index in [4.69, 9.17) is 23.8 Å². The van der Waals surface area contributed by atoms with Crippen LogP contribution in [0, 0.1) is 0 Å². The maximum Gasteiger partial charge on any atom is 0.221 e. The maximum atomic E-state index is 10.9. The average molecular weight is 449 g/mol. The normalized spacial score (nSPS) is 11.3. The Morgan fingerprint density at radius 1 is 1.03 bits per heavy atom. The smallest absolute Gasteiger partial charge is 0.221 e. The van der Waals surface area contributed by atoms with E-state index in [0.717, 1.165) is 28.6 Å². The number of azo groups is 1. The summed E-state index contributed by atoms with van der Waals surface area (Å²) in [5.41, 5.74) is 4.29. The van der Waals surface area contributed by atoms with Crippen LogP contribution < -0.4 is 5.32 Å². The molecule has 3 aromatic carbocycles. The van der Waals surface area contributed by atoms with Gasteiger partial charge in [-0.3, -0.25) is 0 Å². The molecule has 0 atom stereocenters. The van der Waals surface area contributed by atoms with E-state index in [-0.39, 0.29) is 11.0 Å². The molecule has 0 aliphatic heterocycles. The van der Waals surface area contributed by atoms with Crippen molar-refractivity contribution in [1.82, 2.24) is 4.57 Å². The Bertz CT molecular complexity index is 1260. The Morgan fingerprint density at radius 3 is 2.55 bits per heavy atom. The molecular weight excluding hydrogens is 428 g/mol. The van der Waals surface area contributed by atoms with E-state index in [0.29, 0.717) is 17.3 Å². The molecule has 5 nitrogen and oxygen atoms in total. The summed E-state index contributed by atoms with van der Waals surface area (Å²) in [4.78, 5) is 0. The van der Waals surface area contributed by atoms with E-state index in [1.807, 2.05) is 72.8 Å². The van der Waals surface area contributed by atoms with Gasteiger partial charge >= 0.3 is 0 Å². The lowest BCUT2D eigenvalue weighted by Crippen LogP contribution is -2.04. The topological polar surface area (TPSA) is 61.9 Å². The SMILES string of the molecule is CCc1ccc(NC(=S)N=Nc2c(O)n(Cc3cccc(Cl)c3)c3ccccc23)cc1. The summed E-state index contributed by atoms with van der Waals surface area (Å²) in [6.07, 6.45) is 0.975. The molecule has 0 unspecified atom stereocenters. The van der Waals surface area contributed by atoms with E-state index in [2.05, 4.69) is 22.5 Å². The maximum absolute atomic E-state index is 10.9. The van der Waals surface area contributed by atoms with Crippen LogP contribution in [0.15, 0.2) is 83.0 Å². The first kappa shape index (κ1) is 21.0. The highest BCUT2D eigenvalue weighted by molar-refractivity contribution is 7.80. The van der Waals surface area contributed by atoms with Gasteiger partial charge in [0.25, 0.3) is 0 Å². The number of aryl methyl sites for hydroxylation is 1. The first-order chi connectivity index (χ1) is 15.0. The number of nitrogens with one attached hydrogen (secondary N) is 1. The third kappa shape index (κ3) is 4.76. The number of benzene rings is 3. The number of fused-ring (bicyclic) bond motifs is 1. The predicted octanol–water partition coefficient (Wildman–Crippen LogP) is 7.09. The molecule has 0 fully saturated rings. The Kier molecular flexibility index (Phi) is 6.30. The van der Waals surface area contributed by atoms with Gasteiger partial charge < -0.3 is 15.0 Å². The zero-order valence-electron chi connectivity index (χ0n) is 16.9. The van der Waals surface area contributed by atoms with Crippen molar-refractivity contribution in [2.24, 2.45) is 10.2 Å². The molecule has 7 heteroatoms. The van der Waals surface area contributed by atoms with Crippen LogP contribution in [0.3, 0.4) is 0 Å². The van der Waals surface area contributed by atoms with E-state index >= 15 is 0 Å². The Hall–Kier alpha value is -3.22. The largest absolute Gasteiger partial charge is 0.493 e. The minimum atomic E-state index is 0.0278. The molecule has 1 aromatic heterocycles. The fraction of sp³-hybridized carbons (Fsp3) is 0.125. The zero-order chi connectivity index (χ0) is 21.8. The summed E-state index contributed by atoms with van der Waals surface area (Å²) in [5, 5.41) is 24.0. The fourth-order valence-electron chi connectivity index (χ4n) is 3.42. The number of rotatable bonds is 5. The van der Waals surface area contributed by atoms with Gasteiger partial charge in [-0.2, -0.15) is 0 Å². The first-order valence-corrected chi connectivity index (χ1v) is 10.7. The average Bonchev–Trinajstić information content (AvgIpc) is 3.04. The first-order valence-electron chi connectivity index (χ1n) is 9.91. The highest BCUT2D eigenvalue weighted by Crippen LogP contribution is 2.39. The monoisotopic (exact) mass is 448 g/mol. The molecule has 0 saturated heterocycles. The number of aromatic nitrogens is 1. The number of nitrogens with zero attached hydrogens (tertiary/aromatic N) is 3. The second-order valence-electron chi connectivity index (χ2n) is 7.09. The van der Waals surface area contributed by atoms with Crippen molar-refractivity contribution in [3.8, 4) is 5.88 Å². The number of anilines is 1. The van der Waals surface area contributed by atoms with Gasteiger partial charge in [0.2, 0.25) is 11.0 Å². The van der Waals surface area contributed by atoms with Crippen molar-refractivity contribution < 1.29 is 5.11 Å². The molecule has 156 valence electrons. The number of para-hydroxylation sites is 1. The van der Waals surface area contributed by atoms with Crippen LogP contribution in [-0.4, -0.2) is 14.8 Å². The Morgan fingerprint density at radius 2 is 1.81 bits per heavy atom. The van der Waals surface area contributed by atoms with Crippen LogP contribution in [0.2, 0.25) is 5.02 Å². The third-order valence-electron chi connectivity index (χ3n) is 5.00. The standard InChI is InChI=1S/C24H21ClN4OS/c1-2-16-10-12-19(13-11-16)26-24(31)28-27-22-20-8-3-4-9-21(20)29(23(22)30)15-17-6-5-7-18(25)14-17/h3-14,30H,2,15H2,1H3,(H,26,31). The predicted molar refractivity (Wildman–Crippen MR) is 131 cm³/mol. The van der Waals surface area contributed by atoms with Gasteiger partial charge in [0.1, 0.15) is 0 Å². The van der Waals surface area contributed by atoms with Crippen molar-refractivity contribution in [1.29, 1.82) is 0 Å². The van der Waals surface area contributed by atoms with Crippen molar-refractivity contribution in [3.63, 3.8) is 0 Å². The van der Waals surface area contributed by atoms with Gasteiger partial charge in [0.15, 0.2) is 5.69 Å². The minimum Gasteiger partial charge on any atom is -0.493 e. The summed E-state index contributed by atoms with van der Waals surface area (Å²) in [5.74, 6) is 0.0278. The number of halogens is 1. The van der Waals surface area contributed by atoms with Gasteiger partial charge in [-0.05, 0) is 60.1 Å². The summed E-state index contributed by atoms with van der Waals surface area (Å²) in [7, 11) is 0.